The van der Waals surface area contributed by atoms with Crippen LogP contribution >= 0.6 is 0 Å². The van der Waals surface area contributed by atoms with Gasteiger partial charge >= 0.3 is 0 Å². The molecule has 60 heavy (non-hydrogen) atoms. The molecule has 4 aromatic rings. The van der Waals surface area contributed by atoms with Crippen LogP contribution in [0.2, 0.25) is 0 Å². The normalized spacial score (nSPS) is 16.4. The van der Waals surface area contributed by atoms with E-state index in [0.29, 0.717) is 90.2 Å². The molecule has 0 saturated heterocycles. The van der Waals surface area contributed by atoms with Crippen molar-refractivity contribution in [3.05, 3.63) is 231 Å². The Hall–Kier alpha value is -8.92. The quantitative estimate of drug-likeness (QED) is 0.123. The van der Waals surface area contributed by atoms with E-state index in [9.17, 15) is 40.5 Å². The van der Waals surface area contributed by atoms with Crippen LogP contribution in [-0.4, -0.2) is 42.5 Å². The van der Waals surface area contributed by atoms with E-state index >= 15 is 0 Å². The summed E-state index contributed by atoms with van der Waals surface area (Å²) in [5, 5.41) is 46.5. The Morgan fingerprint density at radius 1 is 0.283 bits per heavy atom. The van der Waals surface area contributed by atoms with Crippen LogP contribution < -0.4 is 0 Å². The van der Waals surface area contributed by atoms with E-state index in [1.807, 2.05) is 0 Å². The van der Waals surface area contributed by atoms with E-state index in [1.165, 1.54) is 48.5 Å². The van der Waals surface area contributed by atoms with Crippen LogP contribution in [0.1, 0.15) is 22.3 Å². The van der Waals surface area contributed by atoms with E-state index in [1.54, 1.807) is 97.1 Å². The second kappa shape index (κ2) is 14.5. The number of nitro groups is 4. The van der Waals surface area contributed by atoms with Gasteiger partial charge < -0.3 is 0 Å². The zero-order valence-electron chi connectivity index (χ0n) is 30.7. The molecule has 0 amide bonds. The Kier molecular flexibility index (Phi) is 8.90. The van der Waals surface area contributed by atoms with Gasteiger partial charge in [0.1, 0.15) is 0 Å². The average Bonchev–Trinajstić information content (AvgIpc) is 4.10. The summed E-state index contributed by atoms with van der Waals surface area (Å²) in [6.45, 7) is 0. The number of fused-ring (bicyclic) bond motifs is 4. The van der Waals surface area contributed by atoms with Gasteiger partial charge in [0.05, 0.1) is 65.3 Å². The summed E-state index contributed by atoms with van der Waals surface area (Å²) in [6, 6.07) is 24.0. The zero-order valence-corrected chi connectivity index (χ0v) is 30.7. The number of hydrogen-bond donors (Lipinski definition) is 0. The standard InChI is InChI=1S/C44H24N8O8/c53-49(54)29-9-1-25(2-10-29)41-33-17-19-35(45-33)42(26-3-11-30(12-4-26)50(55)56)37-21-23-39(47-37)44(28-7-15-32(16-8-28)52(59)60)40-24-22-38(48-40)43(36-20-18-34(41)46-36)27-5-13-31(14-6-27)51(57)58/h1-24H. The maximum atomic E-state index is 11.6. The highest BCUT2D eigenvalue weighted by Gasteiger charge is 2.28. The minimum absolute atomic E-state index is 0.108. The lowest BCUT2D eigenvalue weighted by Gasteiger charge is -2.12. The van der Waals surface area contributed by atoms with Gasteiger partial charge in [0.15, 0.2) is 0 Å². The third-order valence-electron chi connectivity index (χ3n) is 10.1. The Labute approximate surface area is 338 Å². The van der Waals surface area contributed by atoms with Crippen molar-refractivity contribution in [2.75, 3.05) is 0 Å². The third kappa shape index (κ3) is 6.60. The fourth-order valence-electron chi connectivity index (χ4n) is 7.27. The Bertz CT molecular complexity index is 2620. The topological polar surface area (TPSA) is 222 Å². The first-order chi connectivity index (χ1) is 29.0. The van der Waals surface area contributed by atoms with E-state index in [-0.39, 0.29) is 22.7 Å². The summed E-state index contributed by atoms with van der Waals surface area (Å²) in [5.74, 6) is 0. The molecule has 5 heterocycles. The molecule has 0 saturated carbocycles. The van der Waals surface area contributed by atoms with Crippen LogP contribution in [0.15, 0.2) is 188 Å². The second-order valence-electron chi connectivity index (χ2n) is 13.6. The number of nitrogens with zero attached hydrogens (tertiary/aromatic N) is 8. The fraction of sp³-hybridized carbons (Fsp3) is 0. The predicted molar refractivity (Wildman–Crippen MR) is 226 cm³/mol. The van der Waals surface area contributed by atoms with Crippen LogP contribution in [0.4, 0.5) is 22.7 Å². The summed E-state index contributed by atoms with van der Waals surface area (Å²) < 4.78 is 0. The monoisotopic (exact) mass is 792 g/mol. The summed E-state index contributed by atoms with van der Waals surface area (Å²) in [4.78, 5) is 64.8. The molecule has 4 aromatic carbocycles. The SMILES string of the molecule is O=[N+]([O-])c1ccc(C2=C3C=CC(=N3)C(c3ccc([N+](=O)[O-])cc3)=C3C=CC(=N3)C(c3ccc([N+](=O)[O-])cc3)=C3C=CC(=N3)C(c3ccc([N+](=O)[O-])cc3)=C3C=CC2=N3)cc1. The first-order valence-electron chi connectivity index (χ1n) is 18.1. The largest absolute Gasteiger partial charge is 0.269 e. The molecule has 0 N–H and O–H groups in total. The van der Waals surface area contributed by atoms with Gasteiger partial charge in [0.2, 0.25) is 0 Å². The van der Waals surface area contributed by atoms with Gasteiger partial charge in [-0.3, -0.25) is 40.5 Å². The van der Waals surface area contributed by atoms with Crippen molar-refractivity contribution in [1.82, 2.24) is 0 Å². The first-order valence-corrected chi connectivity index (χ1v) is 18.1. The van der Waals surface area contributed by atoms with Crippen molar-refractivity contribution >= 4 is 67.9 Å². The van der Waals surface area contributed by atoms with Crippen molar-refractivity contribution in [2.24, 2.45) is 20.0 Å². The highest BCUT2D eigenvalue weighted by atomic mass is 16.6. The van der Waals surface area contributed by atoms with Crippen molar-refractivity contribution in [1.29, 1.82) is 0 Å². The molecular formula is C44H24N8O8. The van der Waals surface area contributed by atoms with Crippen LogP contribution in [0.3, 0.4) is 0 Å². The van der Waals surface area contributed by atoms with Gasteiger partial charge in [0.25, 0.3) is 22.7 Å². The molecule has 0 fully saturated rings. The summed E-state index contributed by atoms with van der Waals surface area (Å²) in [7, 11) is 0. The van der Waals surface area contributed by atoms with Crippen LogP contribution in [0, 0.1) is 40.5 Å². The van der Waals surface area contributed by atoms with Gasteiger partial charge in [-0.2, -0.15) is 0 Å². The fourth-order valence-corrected chi connectivity index (χ4v) is 7.27. The zero-order chi connectivity index (χ0) is 41.7. The van der Waals surface area contributed by atoms with Gasteiger partial charge in [-0.25, -0.2) is 20.0 Å². The van der Waals surface area contributed by atoms with Crippen molar-refractivity contribution < 1.29 is 19.7 Å². The van der Waals surface area contributed by atoms with Gasteiger partial charge in [-0.05, 0) is 119 Å². The number of rotatable bonds is 8. The second-order valence-corrected chi connectivity index (χ2v) is 13.6. The van der Waals surface area contributed by atoms with E-state index in [4.69, 9.17) is 20.0 Å². The number of non-ortho nitro benzene ring substituents is 4. The number of aliphatic imine (C=N–C) groups is 4. The Morgan fingerprint density at radius 3 is 0.633 bits per heavy atom. The number of benzene rings is 4. The number of nitro benzene ring substituents is 4. The predicted octanol–water partition coefficient (Wildman–Crippen LogP) is 9.32. The van der Waals surface area contributed by atoms with Crippen molar-refractivity contribution in [2.45, 2.75) is 0 Å². The molecule has 0 unspecified atom stereocenters. The minimum atomic E-state index is -0.491. The molecule has 8 bridgehead atoms. The smallest absolute Gasteiger partial charge is 0.258 e. The summed E-state index contributed by atoms with van der Waals surface area (Å²) in [6.07, 6.45) is 14.3. The van der Waals surface area contributed by atoms with Gasteiger partial charge in [-0.1, -0.05) is 0 Å². The van der Waals surface area contributed by atoms with E-state index in [2.05, 4.69) is 0 Å². The molecule has 5 aliphatic rings. The molecule has 9 rings (SSSR count). The minimum Gasteiger partial charge on any atom is -0.258 e. The molecule has 16 heteroatoms. The van der Waals surface area contributed by atoms with E-state index < -0.39 is 19.7 Å². The molecule has 0 aliphatic carbocycles. The number of hydrogen-bond acceptors (Lipinski definition) is 12. The van der Waals surface area contributed by atoms with Gasteiger partial charge in [0, 0.05) is 70.8 Å². The average molecular weight is 793 g/mol. The first kappa shape index (κ1) is 36.7. The lowest BCUT2D eigenvalue weighted by molar-refractivity contribution is -0.385. The maximum absolute atomic E-state index is 11.6. The molecule has 0 radical (unpaired) electrons. The van der Waals surface area contributed by atoms with Crippen LogP contribution in [0.25, 0.3) is 22.3 Å². The Balaban J connectivity index is 1.34. The van der Waals surface area contributed by atoms with Gasteiger partial charge in [-0.15, -0.1) is 0 Å². The highest BCUT2D eigenvalue weighted by molar-refractivity contribution is 6.39. The molecule has 16 nitrogen and oxygen atoms in total. The molecule has 0 aromatic heterocycles. The summed E-state index contributed by atoms with van der Waals surface area (Å²) >= 11 is 0. The molecule has 5 aliphatic heterocycles. The van der Waals surface area contributed by atoms with Crippen LogP contribution in [-0.2, 0) is 0 Å². The van der Waals surface area contributed by atoms with Crippen molar-refractivity contribution in [3.8, 4) is 0 Å². The third-order valence-corrected chi connectivity index (χ3v) is 10.1. The molecular weight excluding hydrogens is 769 g/mol. The highest BCUT2D eigenvalue weighted by Crippen LogP contribution is 2.39. The molecule has 0 spiro atoms. The maximum Gasteiger partial charge on any atom is 0.269 e. The van der Waals surface area contributed by atoms with Crippen molar-refractivity contribution in [3.63, 3.8) is 0 Å². The molecule has 0 atom stereocenters. The number of allylic oxidation sites excluding steroid dienone is 12. The molecule has 288 valence electrons. The van der Waals surface area contributed by atoms with E-state index in [0.717, 1.165) is 0 Å². The lowest BCUT2D eigenvalue weighted by Crippen LogP contribution is -2.04. The van der Waals surface area contributed by atoms with Crippen LogP contribution in [0.5, 0.6) is 0 Å². The summed E-state index contributed by atoms with van der Waals surface area (Å²) in [5.41, 5.74) is 7.76. The lowest BCUT2D eigenvalue weighted by atomic mass is 9.98. The Morgan fingerprint density at radius 2 is 0.467 bits per heavy atom.